The number of rotatable bonds is 4. The molecule has 0 aromatic rings. The molecule has 0 aromatic carbocycles. The summed E-state index contributed by atoms with van der Waals surface area (Å²) < 4.78 is 27.6. The fraction of sp³-hybridized carbons (Fsp3) is 1.00. The van der Waals surface area contributed by atoms with Crippen LogP contribution >= 0.6 is 0 Å². The van der Waals surface area contributed by atoms with Crippen molar-refractivity contribution in [3.05, 3.63) is 0 Å². The molecule has 0 heterocycles. The summed E-state index contributed by atoms with van der Waals surface area (Å²) in [5, 5.41) is 5.15. The molecule has 1 aliphatic carbocycles. The molecule has 0 atom stereocenters. The molecule has 0 aliphatic heterocycles. The smallest absolute Gasteiger partial charge is 0.209 e. The van der Waals surface area contributed by atoms with Crippen LogP contribution in [0.4, 0.5) is 0 Å². The lowest BCUT2D eigenvalue weighted by atomic mass is 9.83. The number of hydrogen-bond acceptors (Lipinski definition) is 3. The summed E-state index contributed by atoms with van der Waals surface area (Å²) in [6, 6.07) is 0. The number of methoxy groups -OCH3 is 1. The second-order valence-electron chi connectivity index (χ2n) is 4.65. The summed E-state index contributed by atoms with van der Waals surface area (Å²) >= 11 is 0. The van der Waals surface area contributed by atoms with Crippen LogP contribution in [0.2, 0.25) is 0 Å². The predicted octanol–water partition coefficient (Wildman–Crippen LogP) is 1.26. The van der Waals surface area contributed by atoms with Crippen molar-refractivity contribution >= 4 is 10.0 Å². The fourth-order valence-corrected chi connectivity index (χ4v) is 3.77. The van der Waals surface area contributed by atoms with Gasteiger partial charge in [-0.05, 0) is 12.8 Å². The van der Waals surface area contributed by atoms with Crippen molar-refractivity contribution in [1.29, 1.82) is 0 Å². The van der Waals surface area contributed by atoms with Crippen LogP contribution < -0.4 is 5.14 Å². The molecular formula is C10H21NO3S. The van der Waals surface area contributed by atoms with E-state index in [1.807, 2.05) is 0 Å². The van der Waals surface area contributed by atoms with Gasteiger partial charge in [-0.25, -0.2) is 13.6 Å². The quantitative estimate of drug-likeness (QED) is 0.746. The van der Waals surface area contributed by atoms with Crippen LogP contribution in [-0.2, 0) is 14.8 Å². The molecule has 1 saturated carbocycles. The highest BCUT2D eigenvalue weighted by Crippen LogP contribution is 2.36. The zero-order chi connectivity index (χ0) is 11.4. The van der Waals surface area contributed by atoms with Gasteiger partial charge < -0.3 is 4.74 Å². The van der Waals surface area contributed by atoms with Gasteiger partial charge in [0.15, 0.2) is 0 Å². The molecule has 0 spiro atoms. The van der Waals surface area contributed by atoms with Crippen molar-refractivity contribution < 1.29 is 13.2 Å². The normalized spacial score (nSPS) is 22.3. The molecular weight excluding hydrogens is 214 g/mol. The SMILES string of the molecule is COCC1(CS(N)(=O)=O)CCCCCC1. The maximum atomic E-state index is 11.2. The Morgan fingerprint density at radius 2 is 1.73 bits per heavy atom. The van der Waals surface area contributed by atoms with Crippen molar-refractivity contribution in [3.63, 3.8) is 0 Å². The van der Waals surface area contributed by atoms with E-state index in [0.29, 0.717) is 6.61 Å². The second kappa shape index (κ2) is 5.27. The summed E-state index contributed by atoms with van der Waals surface area (Å²) in [6.07, 6.45) is 6.37. The third-order valence-electron chi connectivity index (χ3n) is 3.12. The molecule has 0 unspecified atom stereocenters. The van der Waals surface area contributed by atoms with E-state index in [9.17, 15) is 8.42 Å². The van der Waals surface area contributed by atoms with Crippen molar-refractivity contribution in [2.45, 2.75) is 38.5 Å². The third-order valence-corrected chi connectivity index (χ3v) is 4.14. The first kappa shape index (κ1) is 12.9. The molecule has 0 aromatic heterocycles. The summed E-state index contributed by atoms with van der Waals surface area (Å²) in [6.45, 7) is 0.503. The molecule has 1 fully saturated rings. The Bertz CT molecular complexity index is 279. The van der Waals surface area contributed by atoms with E-state index >= 15 is 0 Å². The molecule has 15 heavy (non-hydrogen) atoms. The lowest BCUT2D eigenvalue weighted by Crippen LogP contribution is -2.37. The summed E-state index contributed by atoms with van der Waals surface area (Å²) in [5.74, 6) is 0.0633. The van der Waals surface area contributed by atoms with E-state index in [1.165, 1.54) is 12.8 Å². The predicted molar refractivity (Wildman–Crippen MR) is 60.0 cm³/mol. The zero-order valence-electron chi connectivity index (χ0n) is 9.37. The van der Waals surface area contributed by atoms with E-state index in [0.717, 1.165) is 25.7 Å². The molecule has 90 valence electrons. The van der Waals surface area contributed by atoms with Crippen LogP contribution in [0.15, 0.2) is 0 Å². The lowest BCUT2D eigenvalue weighted by molar-refractivity contribution is 0.0825. The topological polar surface area (TPSA) is 69.4 Å². The van der Waals surface area contributed by atoms with Gasteiger partial charge >= 0.3 is 0 Å². The van der Waals surface area contributed by atoms with Crippen molar-refractivity contribution in [3.8, 4) is 0 Å². The average molecular weight is 235 g/mol. The minimum absolute atomic E-state index is 0.0633. The number of nitrogens with two attached hydrogens (primary N) is 1. The van der Waals surface area contributed by atoms with Crippen molar-refractivity contribution in [2.75, 3.05) is 19.5 Å². The minimum atomic E-state index is -3.40. The van der Waals surface area contributed by atoms with Crippen LogP contribution in [0.3, 0.4) is 0 Å². The Hall–Kier alpha value is -0.130. The first-order valence-electron chi connectivity index (χ1n) is 5.47. The highest BCUT2D eigenvalue weighted by molar-refractivity contribution is 7.89. The van der Waals surface area contributed by atoms with Crippen LogP contribution in [0.5, 0.6) is 0 Å². The second-order valence-corrected chi connectivity index (χ2v) is 6.27. The summed E-state index contributed by atoms with van der Waals surface area (Å²) in [4.78, 5) is 0. The Morgan fingerprint density at radius 3 is 2.13 bits per heavy atom. The van der Waals surface area contributed by atoms with Gasteiger partial charge in [0.1, 0.15) is 0 Å². The van der Waals surface area contributed by atoms with E-state index in [-0.39, 0.29) is 11.2 Å². The zero-order valence-corrected chi connectivity index (χ0v) is 10.2. The van der Waals surface area contributed by atoms with Gasteiger partial charge in [-0.15, -0.1) is 0 Å². The maximum absolute atomic E-state index is 11.2. The van der Waals surface area contributed by atoms with Gasteiger partial charge in [0.2, 0.25) is 10.0 Å². The van der Waals surface area contributed by atoms with Crippen LogP contribution in [0, 0.1) is 5.41 Å². The van der Waals surface area contributed by atoms with Crippen LogP contribution in [0.1, 0.15) is 38.5 Å². The van der Waals surface area contributed by atoms with Gasteiger partial charge in [-0.3, -0.25) is 0 Å². The molecule has 4 nitrogen and oxygen atoms in total. The molecule has 0 radical (unpaired) electrons. The highest BCUT2D eigenvalue weighted by atomic mass is 32.2. The molecule has 1 rings (SSSR count). The largest absolute Gasteiger partial charge is 0.384 e. The van der Waals surface area contributed by atoms with Crippen molar-refractivity contribution in [2.24, 2.45) is 10.6 Å². The first-order valence-corrected chi connectivity index (χ1v) is 7.18. The molecule has 5 heteroatoms. The number of ether oxygens (including phenoxy) is 1. The Morgan fingerprint density at radius 1 is 1.20 bits per heavy atom. The van der Waals surface area contributed by atoms with E-state index in [1.54, 1.807) is 7.11 Å². The summed E-state index contributed by atoms with van der Waals surface area (Å²) in [7, 11) is -1.78. The van der Waals surface area contributed by atoms with Gasteiger partial charge in [0.25, 0.3) is 0 Å². The number of sulfonamides is 1. The number of hydrogen-bond donors (Lipinski definition) is 1. The number of primary sulfonamides is 1. The fourth-order valence-electron chi connectivity index (χ4n) is 2.54. The molecule has 0 bridgehead atoms. The summed E-state index contributed by atoms with van der Waals surface area (Å²) in [5.41, 5.74) is -0.237. The highest BCUT2D eigenvalue weighted by Gasteiger charge is 2.34. The van der Waals surface area contributed by atoms with Crippen molar-refractivity contribution in [1.82, 2.24) is 0 Å². The Balaban J connectivity index is 2.75. The molecule has 1 aliphatic rings. The Labute approximate surface area is 92.2 Å². The van der Waals surface area contributed by atoms with Gasteiger partial charge in [0.05, 0.1) is 12.4 Å². The molecule has 2 N–H and O–H groups in total. The third kappa shape index (κ3) is 4.49. The van der Waals surface area contributed by atoms with Gasteiger partial charge in [0, 0.05) is 12.5 Å². The van der Waals surface area contributed by atoms with E-state index in [4.69, 9.17) is 9.88 Å². The monoisotopic (exact) mass is 235 g/mol. The maximum Gasteiger partial charge on any atom is 0.209 e. The van der Waals surface area contributed by atoms with E-state index < -0.39 is 10.0 Å². The van der Waals surface area contributed by atoms with Gasteiger partial charge in [-0.1, -0.05) is 25.7 Å². The standard InChI is InChI=1S/C10H21NO3S/c1-14-8-10(9-15(11,12)13)6-4-2-3-5-7-10/h2-9H2,1H3,(H2,11,12,13). The first-order chi connectivity index (χ1) is 6.97. The van der Waals surface area contributed by atoms with Crippen LogP contribution in [-0.4, -0.2) is 27.9 Å². The Kier molecular flexibility index (Phi) is 4.55. The van der Waals surface area contributed by atoms with Gasteiger partial charge in [-0.2, -0.15) is 0 Å². The average Bonchev–Trinajstić information content (AvgIpc) is 2.28. The van der Waals surface area contributed by atoms with E-state index in [2.05, 4.69) is 0 Å². The van der Waals surface area contributed by atoms with Crippen LogP contribution in [0.25, 0.3) is 0 Å². The molecule has 0 amide bonds. The molecule has 0 saturated heterocycles. The minimum Gasteiger partial charge on any atom is -0.384 e. The lowest BCUT2D eigenvalue weighted by Gasteiger charge is -2.30.